The topological polar surface area (TPSA) is 506 Å². The number of rotatable bonds is 16. The van der Waals surface area contributed by atoms with Gasteiger partial charge in [0.15, 0.2) is 37.7 Å². The molecule has 0 aliphatic carbocycles. The van der Waals surface area contributed by atoms with Crippen LogP contribution in [-0.4, -0.2) is 326 Å². The van der Waals surface area contributed by atoms with Gasteiger partial charge in [0.1, 0.15) is 146 Å². The standard InChI is InChI=1S/C36H62O31/c37-1-7-13(43)14(44)21(51)32(58-7)64-27-9(3-39)60-34(23(53)16(27)46)66-29-11(5-41)62-36(25(55)18(29)48)67-30-12(6-42)61-35(24(54)19(30)49)65-28-10(4-40)59-33(22(52)17(28)47)63-26-8(2-38)57-31(56)20(50)15(26)45/h7-56H,1-6H2/t7-,8-,9-,10-,11-,12-,13+,14+,15-,16-,17-,18-,19-,20-,21-,22-,23-,24-,25-,26-,27-,28-,29-,30-,31?,32+,33-,34-,35-,36-/m1/s1. The summed E-state index contributed by atoms with van der Waals surface area (Å²) in [6.07, 6.45) is -56.5. The van der Waals surface area contributed by atoms with Gasteiger partial charge in [-0.05, 0) is 0 Å². The monoisotopic (exact) mass is 990 g/mol. The van der Waals surface area contributed by atoms with Crippen molar-refractivity contribution in [1.82, 2.24) is 0 Å². The summed E-state index contributed by atoms with van der Waals surface area (Å²) >= 11 is 0. The Labute approximate surface area is 378 Å². The summed E-state index contributed by atoms with van der Waals surface area (Å²) in [5.74, 6) is 0. The van der Waals surface area contributed by atoms with E-state index in [0.29, 0.717) is 0 Å². The number of hydrogen-bond acceptors (Lipinski definition) is 31. The molecule has 6 heterocycles. The van der Waals surface area contributed by atoms with E-state index in [1.54, 1.807) is 0 Å². The quantitative estimate of drug-likeness (QED) is 0.0683. The van der Waals surface area contributed by atoms with Crippen LogP contribution in [0.3, 0.4) is 0 Å². The van der Waals surface area contributed by atoms with Crippen LogP contribution in [0.25, 0.3) is 0 Å². The summed E-state index contributed by atoms with van der Waals surface area (Å²) in [7, 11) is 0. The van der Waals surface area contributed by atoms with Gasteiger partial charge < -0.3 is 154 Å². The Kier molecular flexibility index (Phi) is 19.4. The predicted molar refractivity (Wildman–Crippen MR) is 199 cm³/mol. The van der Waals surface area contributed by atoms with Crippen molar-refractivity contribution in [3.63, 3.8) is 0 Å². The minimum absolute atomic E-state index is 0.830. The minimum Gasteiger partial charge on any atom is -0.394 e. The van der Waals surface area contributed by atoms with Gasteiger partial charge in [-0.3, -0.25) is 0 Å². The Bertz CT molecular complexity index is 1500. The third kappa shape index (κ3) is 11.2. The van der Waals surface area contributed by atoms with Gasteiger partial charge in [-0.2, -0.15) is 0 Å². The number of aliphatic hydroxyl groups is 20. The Hall–Kier alpha value is -1.24. The maximum absolute atomic E-state index is 11.2. The van der Waals surface area contributed by atoms with E-state index in [9.17, 15) is 102 Å². The first-order valence-electron chi connectivity index (χ1n) is 21.1. The Morgan fingerprint density at radius 2 is 0.433 bits per heavy atom. The van der Waals surface area contributed by atoms with Gasteiger partial charge in [0.05, 0.1) is 39.6 Å². The van der Waals surface area contributed by atoms with Gasteiger partial charge in [0, 0.05) is 0 Å². The van der Waals surface area contributed by atoms with Gasteiger partial charge in [-0.15, -0.1) is 0 Å². The summed E-state index contributed by atoms with van der Waals surface area (Å²) in [4.78, 5) is 0. The van der Waals surface area contributed by atoms with Crippen LogP contribution in [0.2, 0.25) is 0 Å². The maximum Gasteiger partial charge on any atom is 0.187 e. The molecule has 0 amide bonds. The third-order valence-electron chi connectivity index (χ3n) is 12.4. The van der Waals surface area contributed by atoms with Crippen molar-refractivity contribution >= 4 is 0 Å². The maximum atomic E-state index is 11.2. The molecule has 0 aromatic carbocycles. The largest absolute Gasteiger partial charge is 0.394 e. The molecule has 0 aromatic heterocycles. The minimum atomic E-state index is -2.18. The van der Waals surface area contributed by atoms with Crippen molar-refractivity contribution in [2.75, 3.05) is 39.6 Å². The molecule has 6 rings (SSSR count). The van der Waals surface area contributed by atoms with Gasteiger partial charge in [0.25, 0.3) is 0 Å². The predicted octanol–water partition coefficient (Wildman–Crippen LogP) is -14.1. The lowest BCUT2D eigenvalue weighted by Gasteiger charge is -2.49. The first kappa shape index (κ1) is 55.1. The molecule has 0 saturated carbocycles. The van der Waals surface area contributed by atoms with Crippen LogP contribution in [0.4, 0.5) is 0 Å². The smallest absolute Gasteiger partial charge is 0.187 e. The third-order valence-corrected chi connectivity index (χ3v) is 12.4. The second kappa shape index (κ2) is 23.5. The van der Waals surface area contributed by atoms with Gasteiger partial charge >= 0.3 is 0 Å². The van der Waals surface area contributed by atoms with Crippen molar-refractivity contribution < 1.29 is 154 Å². The molecule has 30 atom stereocenters. The normalized spacial score (nSPS) is 53.4. The van der Waals surface area contributed by atoms with Crippen molar-refractivity contribution in [2.45, 2.75) is 184 Å². The Balaban J connectivity index is 1.07. The lowest BCUT2D eigenvalue weighted by Crippen LogP contribution is -2.68. The van der Waals surface area contributed by atoms with E-state index in [1.807, 2.05) is 0 Å². The van der Waals surface area contributed by atoms with E-state index in [2.05, 4.69) is 0 Å². The highest BCUT2D eigenvalue weighted by atomic mass is 16.8. The number of ether oxygens (including phenoxy) is 11. The molecule has 0 radical (unpaired) electrons. The van der Waals surface area contributed by atoms with Crippen LogP contribution in [0.15, 0.2) is 0 Å². The molecule has 20 N–H and O–H groups in total. The average Bonchev–Trinajstić information content (AvgIpc) is 3.32. The van der Waals surface area contributed by atoms with Gasteiger partial charge in [-0.1, -0.05) is 0 Å². The van der Waals surface area contributed by atoms with E-state index in [0.717, 1.165) is 0 Å². The Morgan fingerprint density at radius 1 is 0.224 bits per heavy atom. The van der Waals surface area contributed by atoms with E-state index >= 15 is 0 Å². The molecule has 0 aromatic rings. The molecule has 31 nitrogen and oxygen atoms in total. The summed E-state index contributed by atoms with van der Waals surface area (Å²) in [5, 5.41) is 209. The highest BCUT2D eigenvalue weighted by Gasteiger charge is 2.57. The fourth-order valence-corrected chi connectivity index (χ4v) is 8.52. The summed E-state index contributed by atoms with van der Waals surface area (Å²) < 4.78 is 60.5. The molecule has 6 aliphatic rings. The molecular formula is C36H62O31. The fourth-order valence-electron chi connectivity index (χ4n) is 8.52. The van der Waals surface area contributed by atoms with E-state index < -0.39 is 224 Å². The highest BCUT2D eigenvalue weighted by Crippen LogP contribution is 2.36. The first-order chi connectivity index (χ1) is 31.8. The zero-order valence-electron chi connectivity index (χ0n) is 35.0. The summed E-state index contributed by atoms with van der Waals surface area (Å²) in [6, 6.07) is 0. The zero-order chi connectivity index (χ0) is 49.3. The second-order valence-electron chi connectivity index (χ2n) is 16.8. The van der Waals surface area contributed by atoms with Crippen LogP contribution in [-0.2, 0) is 52.1 Å². The van der Waals surface area contributed by atoms with Crippen LogP contribution < -0.4 is 0 Å². The number of aliphatic hydroxyl groups excluding tert-OH is 20. The lowest BCUT2D eigenvalue weighted by atomic mass is 9.95. The average molecular weight is 991 g/mol. The molecule has 6 saturated heterocycles. The number of hydrogen-bond donors (Lipinski definition) is 20. The van der Waals surface area contributed by atoms with Crippen LogP contribution in [0.5, 0.6) is 0 Å². The van der Waals surface area contributed by atoms with Crippen molar-refractivity contribution in [3.05, 3.63) is 0 Å². The van der Waals surface area contributed by atoms with Crippen molar-refractivity contribution in [3.8, 4) is 0 Å². The lowest BCUT2D eigenvalue weighted by molar-refractivity contribution is -0.396. The zero-order valence-corrected chi connectivity index (χ0v) is 35.0. The highest BCUT2D eigenvalue weighted by molar-refractivity contribution is 5.00. The van der Waals surface area contributed by atoms with Crippen molar-refractivity contribution in [2.24, 2.45) is 0 Å². The van der Waals surface area contributed by atoms with Gasteiger partial charge in [0.2, 0.25) is 0 Å². The molecule has 31 heteroatoms. The van der Waals surface area contributed by atoms with Crippen LogP contribution in [0.1, 0.15) is 0 Å². The molecule has 67 heavy (non-hydrogen) atoms. The molecule has 392 valence electrons. The Morgan fingerprint density at radius 3 is 0.687 bits per heavy atom. The van der Waals surface area contributed by atoms with Crippen LogP contribution >= 0.6 is 0 Å². The molecule has 6 aliphatic heterocycles. The molecular weight excluding hydrogens is 928 g/mol. The van der Waals surface area contributed by atoms with E-state index in [1.165, 1.54) is 0 Å². The summed E-state index contributed by atoms with van der Waals surface area (Å²) in [6.45, 7) is -5.67. The first-order valence-corrected chi connectivity index (χ1v) is 21.1. The fraction of sp³-hybridized carbons (Fsp3) is 1.00. The van der Waals surface area contributed by atoms with Crippen molar-refractivity contribution in [1.29, 1.82) is 0 Å². The molecule has 6 fully saturated rings. The molecule has 0 spiro atoms. The second-order valence-corrected chi connectivity index (χ2v) is 16.8. The SMILES string of the molecule is OC[C@H]1O[C@@H](O[C@H]2[C@H](O)[C@@H](O)[C@@H](O[C@H]3[C@H](O)[C@@H](O)[C@@H](O[C@H]4[C@H](O)[C@@H](O)[C@@H](O[C@H]5[C@H](O)[C@@H](O)[C@@H](O[C@H]6[C@H](O)[C@@H](O)C(O)O[C@@H]6CO)O[C@@H]5CO)O[C@@H]4CO)O[C@@H]3CO)O[C@@H]2CO)[C@H](O)[C@@H](O)[C@H]1O. The van der Waals surface area contributed by atoms with E-state index in [4.69, 9.17) is 52.1 Å². The molecule has 0 bridgehead atoms. The van der Waals surface area contributed by atoms with Crippen LogP contribution in [0, 0.1) is 0 Å². The van der Waals surface area contributed by atoms with Gasteiger partial charge in [-0.25, -0.2) is 0 Å². The summed E-state index contributed by atoms with van der Waals surface area (Å²) in [5.41, 5.74) is 0. The molecule has 1 unspecified atom stereocenters. The van der Waals surface area contributed by atoms with E-state index in [-0.39, 0.29) is 0 Å².